The molecule has 0 heterocycles. The Morgan fingerprint density at radius 1 is 0.833 bits per heavy atom. The summed E-state index contributed by atoms with van der Waals surface area (Å²) in [7, 11) is 0. The van der Waals surface area contributed by atoms with Gasteiger partial charge in [-0.15, -0.1) is 0 Å². The SMILES string of the molecule is CP(C)[As](C(F)(F)F)C(F)(F)F. The molecular formula is C4H6AsF6P. The van der Waals surface area contributed by atoms with Crippen molar-refractivity contribution in [3.63, 3.8) is 0 Å². The van der Waals surface area contributed by atoms with Gasteiger partial charge >= 0.3 is 70.3 Å². The first kappa shape index (κ1) is 12.6. The minimum atomic E-state index is -5.03. The molecule has 0 aromatic rings. The molecular weight excluding hydrogens is 268 g/mol. The Balaban J connectivity index is 4.70. The summed E-state index contributed by atoms with van der Waals surface area (Å²) in [6.07, 6.45) is 0. The van der Waals surface area contributed by atoms with Gasteiger partial charge in [-0.25, -0.2) is 0 Å². The van der Waals surface area contributed by atoms with Crippen LogP contribution in [0.15, 0.2) is 0 Å². The van der Waals surface area contributed by atoms with Crippen LogP contribution in [0.5, 0.6) is 0 Å². The van der Waals surface area contributed by atoms with E-state index in [4.69, 9.17) is 0 Å². The van der Waals surface area contributed by atoms with Crippen LogP contribution in [0.4, 0.5) is 26.3 Å². The topological polar surface area (TPSA) is 0 Å². The molecule has 0 spiro atoms. The molecule has 8 heteroatoms. The maximum atomic E-state index is 11.8. The van der Waals surface area contributed by atoms with E-state index < -0.39 is 30.6 Å². The van der Waals surface area contributed by atoms with Crippen LogP contribution in [-0.4, -0.2) is 37.5 Å². The first-order valence-corrected chi connectivity index (χ1v) is 9.26. The second-order valence-corrected chi connectivity index (χ2v) is 14.3. The molecule has 0 saturated heterocycles. The predicted octanol–water partition coefficient (Wildman–Crippen LogP) is 2.92. The molecule has 0 amide bonds. The summed E-state index contributed by atoms with van der Waals surface area (Å²) in [5.74, 6) is 0. The zero-order chi connectivity index (χ0) is 10.2. The number of hydrogen-bond acceptors (Lipinski definition) is 0. The van der Waals surface area contributed by atoms with Crippen molar-refractivity contribution >= 4 is 20.7 Å². The Hall–Kier alpha value is 0.568. The van der Waals surface area contributed by atoms with Crippen molar-refractivity contribution in [3.8, 4) is 0 Å². The molecule has 0 aliphatic heterocycles. The molecule has 0 aliphatic rings. The monoisotopic (exact) mass is 274 g/mol. The van der Waals surface area contributed by atoms with Gasteiger partial charge in [-0.3, -0.25) is 0 Å². The molecule has 74 valence electrons. The van der Waals surface area contributed by atoms with Crippen molar-refractivity contribution in [1.29, 1.82) is 0 Å². The van der Waals surface area contributed by atoms with Crippen molar-refractivity contribution in [2.45, 2.75) is 9.93 Å². The molecule has 0 bridgehead atoms. The number of halogens is 6. The van der Waals surface area contributed by atoms with Gasteiger partial charge in [0.05, 0.1) is 0 Å². The zero-order valence-electron chi connectivity index (χ0n) is 6.16. The summed E-state index contributed by atoms with van der Waals surface area (Å²) in [4.78, 5) is -10.1. The Morgan fingerprint density at radius 3 is 1.08 bits per heavy atom. The van der Waals surface area contributed by atoms with E-state index in [1.54, 1.807) is 0 Å². The zero-order valence-corrected chi connectivity index (χ0v) is 8.93. The molecule has 12 heavy (non-hydrogen) atoms. The van der Waals surface area contributed by atoms with Crippen molar-refractivity contribution in [3.05, 3.63) is 0 Å². The summed E-state index contributed by atoms with van der Waals surface area (Å²) in [5.41, 5.74) is 0. The maximum absolute atomic E-state index is 11.8. The third-order valence-corrected chi connectivity index (χ3v) is 11.1. The van der Waals surface area contributed by atoms with Crippen molar-refractivity contribution < 1.29 is 26.3 Å². The fraction of sp³-hybridized carbons (Fsp3) is 1.00. The molecule has 0 fully saturated rings. The second kappa shape index (κ2) is 3.75. The molecule has 0 N–H and O–H groups in total. The van der Waals surface area contributed by atoms with E-state index in [1.807, 2.05) is 0 Å². The van der Waals surface area contributed by atoms with E-state index in [-0.39, 0.29) is 0 Å². The van der Waals surface area contributed by atoms with Crippen LogP contribution < -0.4 is 0 Å². The van der Waals surface area contributed by atoms with Crippen LogP contribution in [0.1, 0.15) is 0 Å². The molecule has 0 radical (unpaired) electrons. The van der Waals surface area contributed by atoms with Crippen molar-refractivity contribution in [1.82, 2.24) is 0 Å². The van der Waals surface area contributed by atoms with Crippen molar-refractivity contribution in [2.75, 3.05) is 13.3 Å². The van der Waals surface area contributed by atoms with E-state index in [1.165, 1.54) is 0 Å². The number of hydrogen-bond donors (Lipinski definition) is 0. The number of alkyl halides is 6. The third kappa shape index (κ3) is 3.52. The van der Waals surface area contributed by atoms with Crippen LogP contribution in [0.2, 0.25) is 0 Å². The molecule has 0 aliphatic carbocycles. The number of rotatable bonds is 1. The van der Waals surface area contributed by atoms with Gasteiger partial charge in [-0.1, -0.05) is 0 Å². The van der Waals surface area contributed by atoms with Gasteiger partial charge in [0.15, 0.2) is 0 Å². The average molecular weight is 274 g/mol. The normalized spacial score (nSPS) is 14.5. The van der Waals surface area contributed by atoms with E-state index in [0.29, 0.717) is 0 Å². The van der Waals surface area contributed by atoms with Gasteiger partial charge in [0, 0.05) is 0 Å². The van der Waals surface area contributed by atoms with Gasteiger partial charge in [0.1, 0.15) is 0 Å². The van der Waals surface area contributed by atoms with Crippen molar-refractivity contribution in [2.24, 2.45) is 0 Å². The molecule has 0 aromatic heterocycles. The fourth-order valence-corrected chi connectivity index (χ4v) is 7.82. The van der Waals surface area contributed by atoms with Crippen LogP contribution in [-0.2, 0) is 0 Å². The van der Waals surface area contributed by atoms with Gasteiger partial charge < -0.3 is 0 Å². The van der Waals surface area contributed by atoms with E-state index in [0.717, 1.165) is 13.3 Å². The van der Waals surface area contributed by atoms with Crippen LogP contribution in [0, 0.1) is 0 Å². The molecule has 0 unspecified atom stereocenters. The fourth-order valence-electron chi connectivity index (χ4n) is 0.597. The average Bonchev–Trinajstić information content (AvgIpc) is 1.49. The Bertz CT molecular complexity index is 135. The summed E-state index contributed by atoms with van der Waals surface area (Å²) in [5, 5.41) is 0. The summed E-state index contributed by atoms with van der Waals surface area (Å²) >= 11 is -4.69. The van der Waals surface area contributed by atoms with Gasteiger partial charge in [0.2, 0.25) is 0 Å². The standard InChI is InChI=1S/C4H6AsF6P/c1-12(2)5(3(6,7)8)4(9,10)11/h1-2H3. The Labute approximate surface area is 70.9 Å². The van der Waals surface area contributed by atoms with Gasteiger partial charge in [-0.05, 0) is 0 Å². The van der Waals surface area contributed by atoms with Crippen LogP contribution >= 0.6 is 6.48 Å². The molecule has 0 nitrogen and oxygen atoms in total. The quantitative estimate of drug-likeness (QED) is 0.392. The van der Waals surface area contributed by atoms with Gasteiger partial charge in [-0.2, -0.15) is 0 Å². The molecule has 0 atom stereocenters. The minimum absolute atomic E-state index is 1.02. The first-order valence-electron chi connectivity index (χ1n) is 2.68. The Morgan fingerprint density at radius 2 is 1.08 bits per heavy atom. The summed E-state index contributed by atoms with van der Waals surface area (Å²) in [6.45, 7) is 0.104. The summed E-state index contributed by atoms with van der Waals surface area (Å²) < 4.78 is 71.0. The third-order valence-electron chi connectivity index (χ3n) is 0.880. The van der Waals surface area contributed by atoms with E-state index >= 15 is 0 Å². The predicted molar refractivity (Wildman–Crippen MR) is 36.6 cm³/mol. The summed E-state index contributed by atoms with van der Waals surface area (Å²) in [6, 6.07) is 0. The first-order chi connectivity index (χ1) is 5.07. The van der Waals surface area contributed by atoms with E-state index in [9.17, 15) is 26.3 Å². The Kier molecular flexibility index (Phi) is 3.93. The van der Waals surface area contributed by atoms with Gasteiger partial charge in [0.25, 0.3) is 0 Å². The molecule has 0 rings (SSSR count). The van der Waals surface area contributed by atoms with E-state index in [2.05, 4.69) is 0 Å². The molecule has 0 saturated carbocycles. The van der Waals surface area contributed by atoms with Crippen LogP contribution in [0.25, 0.3) is 0 Å². The molecule has 0 aromatic carbocycles. The second-order valence-electron chi connectivity index (χ2n) is 2.09. The van der Waals surface area contributed by atoms with Crippen LogP contribution in [0.3, 0.4) is 0 Å².